The van der Waals surface area contributed by atoms with Crippen LogP contribution in [0.5, 0.6) is 0 Å². The fraction of sp³-hybridized carbons (Fsp3) is 0.250. The van der Waals surface area contributed by atoms with Gasteiger partial charge in [0, 0.05) is 5.69 Å². The molecule has 0 aliphatic carbocycles. The third kappa shape index (κ3) is 1.64. The Kier molecular flexibility index (Phi) is 2.47. The van der Waals surface area contributed by atoms with Gasteiger partial charge in [0.2, 0.25) is 0 Å². The predicted octanol–water partition coefficient (Wildman–Crippen LogP) is 1.56. The molecule has 3 nitrogen and oxygen atoms in total. The molecule has 0 atom stereocenters. The van der Waals surface area contributed by atoms with E-state index in [0.717, 1.165) is 11.3 Å². The summed E-state index contributed by atoms with van der Waals surface area (Å²) in [5.74, 6) is -0.452. The minimum Gasteiger partial charge on any atom is -0.366 e. The first-order valence-corrected chi connectivity index (χ1v) is 4.25. The van der Waals surface area contributed by atoms with E-state index in [1.54, 1.807) is 0 Å². The number of rotatable bonds is 1. The van der Waals surface area contributed by atoms with Crippen LogP contribution in [0.4, 0.5) is 0 Å². The number of halogens is 1. The van der Waals surface area contributed by atoms with Crippen LogP contribution in [0.15, 0.2) is 10.7 Å². The highest BCUT2D eigenvalue weighted by Crippen LogP contribution is 2.18. The number of amides is 1. The molecule has 1 aromatic rings. The van der Waals surface area contributed by atoms with E-state index in [4.69, 9.17) is 5.73 Å². The summed E-state index contributed by atoms with van der Waals surface area (Å²) in [4.78, 5) is 15.0. The van der Waals surface area contributed by atoms with Crippen molar-refractivity contribution in [2.75, 3.05) is 0 Å². The first kappa shape index (κ1) is 9.19. The molecule has 2 N–H and O–H groups in total. The zero-order valence-electron chi connectivity index (χ0n) is 6.89. The van der Waals surface area contributed by atoms with E-state index in [2.05, 4.69) is 20.9 Å². The molecule has 0 unspecified atom stereocenters. The number of aryl methyl sites for hydroxylation is 2. The van der Waals surface area contributed by atoms with E-state index >= 15 is 0 Å². The zero-order valence-corrected chi connectivity index (χ0v) is 8.47. The lowest BCUT2D eigenvalue weighted by Gasteiger charge is -2.04. The summed E-state index contributed by atoms with van der Waals surface area (Å²) in [7, 11) is 0. The lowest BCUT2D eigenvalue weighted by atomic mass is 10.1. The summed E-state index contributed by atoms with van der Waals surface area (Å²) in [6, 6.07) is 1.82. The van der Waals surface area contributed by atoms with Crippen molar-refractivity contribution < 1.29 is 4.79 Å². The number of nitrogens with two attached hydrogens (primary N) is 1. The van der Waals surface area contributed by atoms with Crippen molar-refractivity contribution in [3.8, 4) is 0 Å². The van der Waals surface area contributed by atoms with Gasteiger partial charge in [-0.25, -0.2) is 4.98 Å². The van der Waals surface area contributed by atoms with Crippen LogP contribution in [-0.4, -0.2) is 10.9 Å². The van der Waals surface area contributed by atoms with E-state index in [1.165, 1.54) is 0 Å². The topological polar surface area (TPSA) is 56.0 Å². The number of hydrogen-bond donors (Lipinski definition) is 1. The molecule has 0 radical (unpaired) electrons. The van der Waals surface area contributed by atoms with Gasteiger partial charge in [-0.15, -0.1) is 0 Å². The first-order valence-electron chi connectivity index (χ1n) is 3.46. The molecule has 4 heteroatoms. The average molecular weight is 229 g/mol. The maximum Gasteiger partial charge on any atom is 0.251 e. The molecule has 1 amide bonds. The van der Waals surface area contributed by atoms with Crippen molar-refractivity contribution in [1.29, 1.82) is 0 Å². The van der Waals surface area contributed by atoms with Gasteiger partial charge in [-0.2, -0.15) is 0 Å². The zero-order chi connectivity index (χ0) is 9.30. The van der Waals surface area contributed by atoms with E-state index in [-0.39, 0.29) is 0 Å². The van der Waals surface area contributed by atoms with Gasteiger partial charge in [0.25, 0.3) is 5.91 Å². The Morgan fingerprint density at radius 2 is 2.17 bits per heavy atom. The number of primary amides is 1. The Hall–Kier alpha value is -0.900. The van der Waals surface area contributed by atoms with Crippen LogP contribution in [0.25, 0.3) is 0 Å². The molecule has 0 bridgehead atoms. The Balaban J connectivity index is 3.38. The summed E-state index contributed by atoms with van der Waals surface area (Å²) in [5.41, 5.74) is 7.33. The molecule has 64 valence electrons. The van der Waals surface area contributed by atoms with Crippen LogP contribution in [-0.2, 0) is 0 Å². The van der Waals surface area contributed by atoms with Crippen molar-refractivity contribution in [2.24, 2.45) is 5.73 Å². The Bertz CT molecular complexity index is 313. The molecule has 0 fully saturated rings. The number of hydrogen-bond acceptors (Lipinski definition) is 2. The molecule has 1 aromatic heterocycles. The van der Waals surface area contributed by atoms with Crippen LogP contribution in [0.3, 0.4) is 0 Å². The van der Waals surface area contributed by atoms with Gasteiger partial charge in [-0.1, -0.05) is 0 Å². The standard InChI is InChI=1S/C8H9BrN2O/c1-4-3-5(2)11-7(9)6(4)8(10)12/h3H,1-2H3,(H2,10,12). The van der Waals surface area contributed by atoms with Gasteiger partial charge >= 0.3 is 0 Å². The first-order chi connectivity index (χ1) is 5.52. The molecular formula is C8H9BrN2O. The third-order valence-electron chi connectivity index (χ3n) is 1.55. The van der Waals surface area contributed by atoms with Crippen molar-refractivity contribution in [2.45, 2.75) is 13.8 Å². The van der Waals surface area contributed by atoms with Crippen LogP contribution >= 0.6 is 15.9 Å². The molecule has 0 saturated carbocycles. The predicted molar refractivity (Wildman–Crippen MR) is 49.9 cm³/mol. The molecule has 0 saturated heterocycles. The summed E-state index contributed by atoms with van der Waals surface area (Å²) in [6.07, 6.45) is 0. The highest BCUT2D eigenvalue weighted by molar-refractivity contribution is 9.10. The Morgan fingerprint density at radius 3 is 2.58 bits per heavy atom. The monoisotopic (exact) mass is 228 g/mol. The van der Waals surface area contributed by atoms with E-state index in [9.17, 15) is 4.79 Å². The second kappa shape index (κ2) is 3.23. The number of nitrogens with zero attached hydrogens (tertiary/aromatic N) is 1. The second-order valence-corrected chi connectivity index (χ2v) is 3.36. The lowest BCUT2D eigenvalue weighted by molar-refractivity contribution is 0.0998. The van der Waals surface area contributed by atoms with Crippen molar-refractivity contribution in [1.82, 2.24) is 4.98 Å². The average Bonchev–Trinajstić information content (AvgIpc) is 1.82. The smallest absolute Gasteiger partial charge is 0.251 e. The van der Waals surface area contributed by atoms with Gasteiger partial charge in [0.05, 0.1) is 5.56 Å². The second-order valence-electron chi connectivity index (χ2n) is 2.61. The fourth-order valence-corrected chi connectivity index (χ4v) is 1.87. The molecule has 1 heterocycles. The van der Waals surface area contributed by atoms with Crippen molar-refractivity contribution >= 4 is 21.8 Å². The van der Waals surface area contributed by atoms with Gasteiger partial charge in [0.15, 0.2) is 0 Å². The molecule has 0 aromatic carbocycles. The SMILES string of the molecule is Cc1cc(C)c(C(N)=O)c(Br)n1. The molecule has 1 rings (SSSR count). The highest BCUT2D eigenvalue weighted by Gasteiger charge is 2.10. The quantitative estimate of drug-likeness (QED) is 0.743. The minimum atomic E-state index is -0.452. The third-order valence-corrected chi connectivity index (χ3v) is 2.12. The van der Waals surface area contributed by atoms with Gasteiger partial charge in [-0.05, 0) is 41.4 Å². The maximum absolute atomic E-state index is 10.9. The number of pyridine rings is 1. The lowest BCUT2D eigenvalue weighted by Crippen LogP contribution is -2.14. The highest BCUT2D eigenvalue weighted by atomic mass is 79.9. The van der Waals surface area contributed by atoms with Crippen LogP contribution in [0.1, 0.15) is 21.6 Å². The maximum atomic E-state index is 10.9. The van der Waals surface area contributed by atoms with Gasteiger partial charge in [-0.3, -0.25) is 4.79 Å². The minimum absolute atomic E-state index is 0.452. The van der Waals surface area contributed by atoms with Crippen LogP contribution in [0, 0.1) is 13.8 Å². The fourth-order valence-electron chi connectivity index (χ4n) is 1.09. The largest absolute Gasteiger partial charge is 0.366 e. The molecule has 0 aliphatic rings. The van der Waals surface area contributed by atoms with Crippen LogP contribution in [0.2, 0.25) is 0 Å². The van der Waals surface area contributed by atoms with Crippen molar-refractivity contribution in [3.05, 3.63) is 27.5 Å². The molecular weight excluding hydrogens is 220 g/mol. The normalized spacial score (nSPS) is 9.92. The Labute approximate surface area is 79.1 Å². The van der Waals surface area contributed by atoms with Gasteiger partial charge < -0.3 is 5.73 Å². The summed E-state index contributed by atoms with van der Waals surface area (Å²) < 4.78 is 0.521. The summed E-state index contributed by atoms with van der Waals surface area (Å²) >= 11 is 3.19. The van der Waals surface area contributed by atoms with Crippen LogP contribution < -0.4 is 5.73 Å². The Morgan fingerprint density at radius 1 is 1.58 bits per heavy atom. The molecule has 0 spiro atoms. The summed E-state index contributed by atoms with van der Waals surface area (Å²) in [6.45, 7) is 3.70. The van der Waals surface area contributed by atoms with Gasteiger partial charge in [0.1, 0.15) is 4.60 Å². The van der Waals surface area contributed by atoms with Crippen molar-refractivity contribution in [3.63, 3.8) is 0 Å². The van der Waals surface area contributed by atoms with E-state index < -0.39 is 5.91 Å². The summed E-state index contributed by atoms with van der Waals surface area (Å²) in [5, 5.41) is 0. The van der Waals surface area contributed by atoms with E-state index in [0.29, 0.717) is 10.2 Å². The molecule has 12 heavy (non-hydrogen) atoms. The number of carbonyl (C=O) groups excluding carboxylic acids is 1. The molecule has 0 aliphatic heterocycles. The number of carbonyl (C=O) groups is 1. The number of aromatic nitrogens is 1. The van der Waals surface area contributed by atoms with E-state index in [1.807, 2.05) is 19.9 Å².